The molecule has 90 valence electrons. The lowest BCUT2D eigenvalue weighted by Gasteiger charge is -2.34. The topological polar surface area (TPSA) is 3.24 Å². The first-order valence-corrected chi connectivity index (χ1v) is 7.50. The number of hydrogen-bond acceptors (Lipinski definition) is 2. The first kappa shape index (κ1) is 12.4. The maximum Gasteiger partial charge on any atom is 0.0491 e. The van der Waals surface area contributed by atoms with Gasteiger partial charge in [0.1, 0.15) is 0 Å². The van der Waals surface area contributed by atoms with E-state index in [0.717, 1.165) is 13.0 Å². The molecule has 16 heavy (non-hydrogen) atoms. The second kappa shape index (κ2) is 6.04. The van der Waals surface area contributed by atoms with Crippen LogP contribution < -0.4 is 0 Å². The minimum Gasteiger partial charge on any atom is -0.302 e. The summed E-state index contributed by atoms with van der Waals surface area (Å²) in [4.78, 5) is 2.45. The summed E-state index contributed by atoms with van der Waals surface area (Å²) in [5.41, 5.74) is 1.46. The van der Waals surface area contributed by atoms with Gasteiger partial charge in [0, 0.05) is 18.0 Å². The smallest absolute Gasteiger partial charge is 0.0491 e. The monoisotopic (exact) mass is 257 g/mol. The van der Waals surface area contributed by atoms with Gasteiger partial charge in [0.15, 0.2) is 0 Å². The molecule has 0 bridgehead atoms. The van der Waals surface area contributed by atoms with Crippen molar-refractivity contribution in [1.82, 2.24) is 4.90 Å². The molecule has 1 heterocycles. The fraction of sp³-hybridized carbons (Fsp3) is 0.692. The number of likely N-dealkylation sites (N-methyl/N-ethyl adjacent to an activating group) is 1. The molecule has 1 fully saturated rings. The van der Waals surface area contributed by atoms with E-state index < -0.39 is 0 Å². The molecule has 0 radical (unpaired) electrons. The van der Waals surface area contributed by atoms with Gasteiger partial charge in [-0.05, 0) is 48.7 Å². The molecular formula is C13H20ClNS. The first-order chi connectivity index (χ1) is 7.77. The molecule has 0 saturated heterocycles. The molecular weight excluding hydrogens is 238 g/mol. The second-order valence-electron chi connectivity index (χ2n) is 4.73. The number of halogens is 1. The van der Waals surface area contributed by atoms with E-state index in [-0.39, 0.29) is 0 Å². The van der Waals surface area contributed by atoms with Gasteiger partial charge in [0.2, 0.25) is 0 Å². The highest BCUT2D eigenvalue weighted by atomic mass is 35.5. The second-order valence-corrected chi connectivity index (χ2v) is 6.07. The van der Waals surface area contributed by atoms with Gasteiger partial charge in [-0.2, -0.15) is 11.3 Å². The van der Waals surface area contributed by atoms with E-state index in [4.69, 9.17) is 11.6 Å². The number of nitrogens with zero attached hydrogens (tertiary/aromatic N) is 1. The van der Waals surface area contributed by atoms with Crippen molar-refractivity contribution in [2.45, 2.75) is 43.5 Å². The molecule has 1 aromatic rings. The van der Waals surface area contributed by atoms with E-state index >= 15 is 0 Å². The van der Waals surface area contributed by atoms with Crippen LogP contribution in [0.5, 0.6) is 0 Å². The van der Waals surface area contributed by atoms with Crippen molar-refractivity contribution in [1.29, 1.82) is 0 Å². The lowest BCUT2D eigenvalue weighted by atomic mass is 9.94. The third-order valence-electron chi connectivity index (χ3n) is 3.55. The molecule has 2 rings (SSSR count). The Morgan fingerprint density at radius 2 is 2.25 bits per heavy atom. The predicted octanol–water partition coefficient (Wildman–Crippen LogP) is 3.77. The molecule has 1 aliphatic rings. The van der Waals surface area contributed by atoms with Crippen molar-refractivity contribution < 1.29 is 0 Å². The summed E-state index contributed by atoms with van der Waals surface area (Å²) in [6, 6.07) is 2.81. The molecule has 0 aliphatic heterocycles. The third-order valence-corrected chi connectivity index (χ3v) is 4.79. The number of alkyl halides is 1. The molecule has 0 aromatic carbocycles. The highest BCUT2D eigenvalue weighted by molar-refractivity contribution is 7.07. The average Bonchev–Trinajstić information content (AvgIpc) is 2.79. The Balaban J connectivity index is 1.80. The van der Waals surface area contributed by atoms with Crippen LogP contribution in [0.3, 0.4) is 0 Å². The van der Waals surface area contributed by atoms with Crippen molar-refractivity contribution in [2.24, 2.45) is 0 Å². The Morgan fingerprint density at radius 3 is 2.94 bits per heavy atom. The molecule has 2 atom stereocenters. The summed E-state index contributed by atoms with van der Waals surface area (Å²) >= 11 is 8.18. The van der Waals surface area contributed by atoms with Gasteiger partial charge in [-0.15, -0.1) is 11.6 Å². The highest BCUT2D eigenvalue weighted by Crippen LogP contribution is 2.26. The standard InChI is InChI=1S/C13H20ClNS/c1-15(8-6-11-7-9-16-10-11)13-5-3-2-4-12(13)14/h7,9-10,12-13H,2-6,8H2,1H3. The normalized spacial score (nSPS) is 26.2. The van der Waals surface area contributed by atoms with Gasteiger partial charge >= 0.3 is 0 Å². The average molecular weight is 258 g/mol. The van der Waals surface area contributed by atoms with Crippen LogP contribution in [-0.2, 0) is 6.42 Å². The Bertz CT molecular complexity index is 299. The zero-order valence-corrected chi connectivity index (χ0v) is 11.4. The maximum atomic E-state index is 6.40. The summed E-state index contributed by atoms with van der Waals surface area (Å²) in [5.74, 6) is 0. The van der Waals surface area contributed by atoms with Gasteiger partial charge < -0.3 is 4.90 Å². The van der Waals surface area contributed by atoms with E-state index in [1.807, 2.05) is 0 Å². The van der Waals surface area contributed by atoms with E-state index in [1.54, 1.807) is 11.3 Å². The SMILES string of the molecule is CN(CCc1ccsc1)C1CCCCC1Cl. The first-order valence-electron chi connectivity index (χ1n) is 6.13. The fourth-order valence-electron chi connectivity index (χ4n) is 2.47. The number of thiophene rings is 1. The zero-order chi connectivity index (χ0) is 11.4. The van der Waals surface area contributed by atoms with Crippen LogP contribution >= 0.6 is 22.9 Å². The summed E-state index contributed by atoms with van der Waals surface area (Å²) in [6.07, 6.45) is 6.27. The Morgan fingerprint density at radius 1 is 1.44 bits per heavy atom. The Hall–Kier alpha value is -0.0500. The number of rotatable bonds is 4. The Labute approximate surface area is 107 Å². The van der Waals surface area contributed by atoms with Crippen LogP contribution in [0.2, 0.25) is 0 Å². The molecule has 1 aliphatic carbocycles. The predicted molar refractivity (Wildman–Crippen MR) is 72.6 cm³/mol. The van der Waals surface area contributed by atoms with Crippen LogP contribution in [0.1, 0.15) is 31.2 Å². The quantitative estimate of drug-likeness (QED) is 0.743. The van der Waals surface area contributed by atoms with Crippen LogP contribution in [-0.4, -0.2) is 29.9 Å². The molecule has 1 saturated carbocycles. The molecule has 1 nitrogen and oxygen atoms in total. The van der Waals surface area contributed by atoms with Crippen molar-refractivity contribution in [3.8, 4) is 0 Å². The molecule has 3 heteroatoms. The van der Waals surface area contributed by atoms with Crippen molar-refractivity contribution in [3.05, 3.63) is 22.4 Å². The maximum absolute atomic E-state index is 6.40. The molecule has 0 spiro atoms. The van der Waals surface area contributed by atoms with Crippen LogP contribution in [0.15, 0.2) is 16.8 Å². The number of hydrogen-bond donors (Lipinski definition) is 0. The minimum atomic E-state index is 0.362. The summed E-state index contributed by atoms with van der Waals surface area (Å²) in [7, 11) is 2.22. The van der Waals surface area contributed by atoms with Crippen LogP contribution in [0.25, 0.3) is 0 Å². The highest BCUT2D eigenvalue weighted by Gasteiger charge is 2.26. The van der Waals surface area contributed by atoms with Gasteiger partial charge in [-0.25, -0.2) is 0 Å². The largest absolute Gasteiger partial charge is 0.302 e. The lowest BCUT2D eigenvalue weighted by Crippen LogP contribution is -2.41. The van der Waals surface area contributed by atoms with Crippen LogP contribution in [0.4, 0.5) is 0 Å². The lowest BCUT2D eigenvalue weighted by molar-refractivity contribution is 0.198. The fourth-order valence-corrected chi connectivity index (χ4v) is 3.64. The van der Waals surface area contributed by atoms with Gasteiger partial charge in [-0.1, -0.05) is 12.8 Å². The van der Waals surface area contributed by atoms with Gasteiger partial charge in [-0.3, -0.25) is 0 Å². The van der Waals surface area contributed by atoms with E-state index in [1.165, 1.54) is 31.2 Å². The van der Waals surface area contributed by atoms with Gasteiger partial charge in [0.05, 0.1) is 0 Å². The molecule has 0 N–H and O–H groups in total. The summed E-state index contributed by atoms with van der Waals surface area (Å²) in [5, 5.41) is 4.76. The molecule has 1 aromatic heterocycles. The summed E-state index contributed by atoms with van der Waals surface area (Å²) in [6.45, 7) is 1.13. The Kier molecular flexibility index (Phi) is 4.68. The van der Waals surface area contributed by atoms with Crippen molar-refractivity contribution in [3.63, 3.8) is 0 Å². The van der Waals surface area contributed by atoms with Crippen molar-refractivity contribution in [2.75, 3.05) is 13.6 Å². The van der Waals surface area contributed by atoms with E-state index in [0.29, 0.717) is 11.4 Å². The van der Waals surface area contributed by atoms with E-state index in [9.17, 15) is 0 Å². The van der Waals surface area contributed by atoms with Gasteiger partial charge in [0.25, 0.3) is 0 Å². The van der Waals surface area contributed by atoms with Crippen LogP contribution in [0, 0.1) is 0 Å². The third kappa shape index (κ3) is 3.22. The van der Waals surface area contributed by atoms with Crippen molar-refractivity contribution >= 4 is 22.9 Å². The zero-order valence-electron chi connectivity index (χ0n) is 9.86. The minimum absolute atomic E-state index is 0.362. The van der Waals surface area contributed by atoms with E-state index in [2.05, 4.69) is 28.8 Å². The molecule has 0 amide bonds. The summed E-state index contributed by atoms with van der Waals surface area (Å²) < 4.78 is 0. The molecule has 2 unspecified atom stereocenters.